The Labute approximate surface area is 177 Å². The summed E-state index contributed by atoms with van der Waals surface area (Å²) in [5.74, 6) is -1.55. The first-order chi connectivity index (χ1) is 13.7. The number of barbiturate groups is 1. The summed E-state index contributed by atoms with van der Waals surface area (Å²) >= 11 is 11.8. The molecule has 6 nitrogen and oxygen atoms in total. The van der Waals surface area contributed by atoms with Gasteiger partial charge in [0.2, 0.25) is 0 Å². The van der Waals surface area contributed by atoms with Crippen LogP contribution < -0.4 is 10.2 Å². The fourth-order valence-electron chi connectivity index (χ4n) is 2.91. The number of phenols is 1. The molecule has 29 heavy (non-hydrogen) atoms. The molecule has 1 atom stereocenters. The van der Waals surface area contributed by atoms with Crippen LogP contribution in [0.1, 0.15) is 37.3 Å². The first-order valence-corrected chi connectivity index (χ1v) is 9.68. The Kier molecular flexibility index (Phi) is 5.96. The van der Waals surface area contributed by atoms with Crippen LogP contribution in [0, 0.1) is 0 Å². The van der Waals surface area contributed by atoms with Gasteiger partial charge in [0, 0.05) is 0 Å². The summed E-state index contributed by atoms with van der Waals surface area (Å²) in [4.78, 5) is 38.4. The molecule has 0 spiro atoms. The summed E-state index contributed by atoms with van der Waals surface area (Å²) in [6.07, 6.45) is 2.23. The highest BCUT2D eigenvalue weighted by Crippen LogP contribution is 2.34. The third-order valence-corrected chi connectivity index (χ3v) is 5.36. The van der Waals surface area contributed by atoms with Crippen molar-refractivity contribution in [1.82, 2.24) is 5.32 Å². The van der Waals surface area contributed by atoms with Gasteiger partial charge >= 0.3 is 6.03 Å². The second-order valence-electron chi connectivity index (χ2n) is 6.69. The van der Waals surface area contributed by atoms with E-state index in [9.17, 15) is 19.5 Å². The number of imide groups is 2. The molecule has 1 aliphatic heterocycles. The average Bonchev–Trinajstić information content (AvgIpc) is 2.69. The van der Waals surface area contributed by atoms with E-state index in [4.69, 9.17) is 23.2 Å². The van der Waals surface area contributed by atoms with Crippen molar-refractivity contribution in [1.29, 1.82) is 0 Å². The number of halogens is 2. The Morgan fingerprint density at radius 3 is 2.24 bits per heavy atom. The molecule has 0 saturated carbocycles. The Hall–Kier alpha value is -2.83. The van der Waals surface area contributed by atoms with Crippen LogP contribution in [0.5, 0.6) is 5.75 Å². The number of carbonyl (C=O) groups is 3. The van der Waals surface area contributed by atoms with Crippen molar-refractivity contribution >= 4 is 52.8 Å². The Morgan fingerprint density at radius 1 is 1.10 bits per heavy atom. The van der Waals surface area contributed by atoms with E-state index in [0.717, 1.165) is 16.9 Å². The zero-order valence-electron chi connectivity index (χ0n) is 15.7. The van der Waals surface area contributed by atoms with Crippen LogP contribution in [-0.2, 0) is 9.59 Å². The lowest BCUT2D eigenvalue weighted by Gasteiger charge is -2.26. The zero-order valence-corrected chi connectivity index (χ0v) is 17.2. The number of nitrogens with zero attached hydrogens (tertiary/aromatic N) is 1. The number of anilines is 1. The number of urea groups is 1. The Bertz CT molecular complexity index is 1010. The maximum Gasteiger partial charge on any atom is 0.335 e. The van der Waals surface area contributed by atoms with Gasteiger partial charge in [0.25, 0.3) is 11.8 Å². The minimum absolute atomic E-state index is 0.0263. The molecular weight excluding hydrogens is 415 g/mol. The normalized spacial score (nSPS) is 16.9. The molecule has 0 bridgehead atoms. The van der Waals surface area contributed by atoms with Crippen molar-refractivity contribution in [2.75, 3.05) is 4.90 Å². The van der Waals surface area contributed by atoms with E-state index in [2.05, 4.69) is 19.2 Å². The van der Waals surface area contributed by atoms with Crippen molar-refractivity contribution in [2.24, 2.45) is 0 Å². The van der Waals surface area contributed by atoms with Gasteiger partial charge in [-0.05, 0) is 53.8 Å². The maximum atomic E-state index is 12.9. The van der Waals surface area contributed by atoms with E-state index in [1.54, 1.807) is 12.1 Å². The monoisotopic (exact) mass is 432 g/mol. The minimum Gasteiger partial charge on any atom is -0.505 e. The summed E-state index contributed by atoms with van der Waals surface area (Å²) in [5, 5.41) is 11.8. The highest BCUT2D eigenvalue weighted by atomic mass is 35.5. The molecule has 150 valence electrons. The minimum atomic E-state index is -0.826. The number of amides is 4. The van der Waals surface area contributed by atoms with Crippen molar-refractivity contribution in [2.45, 2.75) is 26.2 Å². The quantitative estimate of drug-likeness (QED) is 0.532. The van der Waals surface area contributed by atoms with Gasteiger partial charge in [0.15, 0.2) is 5.75 Å². The molecule has 1 heterocycles. The lowest BCUT2D eigenvalue weighted by atomic mass is 9.98. The van der Waals surface area contributed by atoms with Crippen LogP contribution >= 0.6 is 23.2 Å². The zero-order chi connectivity index (χ0) is 21.3. The standard InChI is InChI=1S/C21H18Cl2N2O4/c1-3-11(2)13-4-6-14(7-5-13)25-20(28)15(19(27)24-21(25)29)8-12-9-16(22)18(26)17(23)10-12/h4-11,26H,3H2,1-2H3,(H,24,27,29)/b15-8-/t11-/m1/s1. The number of hydrogen-bond acceptors (Lipinski definition) is 4. The molecule has 3 rings (SSSR count). The summed E-state index contributed by atoms with van der Waals surface area (Å²) in [6.45, 7) is 4.16. The first kappa shape index (κ1) is 20.9. The predicted molar refractivity (Wildman–Crippen MR) is 112 cm³/mol. The molecule has 2 aromatic rings. The summed E-state index contributed by atoms with van der Waals surface area (Å²) < 4.78 is 0. The van der Waals surface area contributed by atoms with Gasteiger partial charge in [-0.2, -0.15) is 0 Å². The number of nitrogens with one attached hydrogen (secondary N) is 1. The van der Waals surface area contributed by atoms with Crippen LogP contribution in [-0.4, -0.2) is 23.0 Å². The van der Waals surface area contributed by atoms with Gasteiger partial charge in [0.1, 0.15) is 5.57 Å². The number of aromatic hydroxyl groups is 1. The van der Waals surface area contributed by atoms with E-state index in [1.165, 1.54) is 18.2 Å². The Balaban J connectivity index is 1.98. The Morgan fingerprint density at radius 2 is 1.69 bits per heavy atom. The third kappa shape index (κ3) is 4.13. The maximum absolute atomic E-state index is 12.9. The molecule has 1 aliphatic rings. The SMILES string of the molecule is CC[C@@H](C)c1ccc(N2C(=O)NC(=O)/C(=C/c3cc(Cl)c(O)c(Cl)c3)C2=O)cc1. The number of benzene rings is 2. The van der Waals surface area contributed by atoms with Crippen molar-refractivity contribution in [3.63, 3.8) is 0 Å². The fourth-order valence-corrected chi connectivity index (χ4v) is 3.42. The van der Waals surface area contributed by atoms with Gasteiger partial charge in [-0.1, -0.05) is 49.2 Å². The van der Waals surface area contributed by atoms with Gasteiger partial charge in [0.05, 0.1) is 15.7 Å². The smallest absolute Gasteiger partial charge is 0.335 e. The molecule has 2 aromatic carbocycles. The van der Waals surface area contributed by atoms with Crippen molar-refractivity contribution in [3.8, 4) is 5.75 Å². The number of rotatable bonds is 4. The third-order valence-electron chi connectivity index (χ3n) is 4.78. The highest BCUT2D eigenvalue weighted by molar-refractivity contribution is 6.40. The van der Waals surface area contributed by atoms with Gasteiger partial charge in [-0.15, -0.1) is 0 Å². The lowest BCUT2D eigenvalue weighted by Crippen LogP contribution is -2.54. The van der Waals surface area contributed by atoms with Crippen molar-refractivity contribution < 1.29 is 19.5 Å². The van der Waals surface area contributed by atoms with E-state index >= 15 is 0 Å². The largest absolute Gasteiger partial charge is 0.505 e. The molecule has 8 heteroatoms. The predicted octanol–water partition coefficient (Wildman–Crippen LogP) is 4.88. The molecule has 1 saturated heterocycles. The second kappa shape index (κ2) is 8.27. The molecule has 0 aliphatic carbocycles. The average molecular weight is 433 g/mol. The topological polar surface area (TPSA) is 86.7 Å². The van der Waals surface area contributed by atoms with E-state index in [0.29, 0.717) is 17.2 Å². The van der Waals surface area contributed by atoms with Crippen molar-refractivity contribution in [3.05, 3.63) is 63.1 Å². The summed E-state index contributed by atoms with van der Waals surface area (Å²) in [5.41, 5.74) is 1.51. The number of hydrogen-bond donors (Lipinski definition) is 2. The molecule has 0 unspecified atom stereocenters. The molecular formula is C21H18Cl2N2O4. The van der Waals surface area contributed by atoms with E-state index in [1.807, 2.05) is 12.1 Å². The molecule has 2 N–H and O–H groups in total. The van der Waals surface area contributed by atoms with Crippen LogP contribution in [0.2, 0.25) is 10.0 Å². The van der Waals surface area contributed by atoms with E-state index < -0.39 is 17.8 Å². The summed E-state index contributed by atoms with van der Waals surface area (Å²) in [7, 11) is 0. The van der Waals surface area contributed by atoms with E-state index in [-0.39, 0.29) is 21.4 Å². The van der Waals surface area contributed by atoms with Crippen LogP contribution in [0.3, 0.4) is 0 Å². The number of phenolic OH excluding ortho intramolecular Hbond substituents is 1. The summed E-state index contributed by atoms with van der Waals surface area (Å²) in [6, 6.07) is 8.93. The second-order valence-corrected chi connectivity index (χ2v) is 7.51. The molecule has 0 radical (unpaired) electrons. The van der Waals surface area contributed by atoms with Crippen LogP contribution in [0.25, 0.3) is 6.08 Å². The molecule has 1 fully saturated rings. The van der Waals surface area contributed by atoms with Gasteiger partial charge < -0.3 is 5.11 Å². The first-order valence-electron chi connectivity index (χ1n) is 8.92. The lowest BCUT2D eigenvalue weighted by molar-refractivity contribution is -0.122. The van der Waals surface area contributed by atoms with Crippen LogP contribution in [0.15, 0.2) is 42.0 Å². The molecule has 0 aromatic heterocycles. The van der Waals surface area contributed by atoms with Gasteiger partial charge in [-0.25, -0.2) is 9.69 Å². The highest BCUT2D eigenvalue weighted by Gasteiger charge is 2.36. The fraction of sp³-hybridized carbons (Fsp3) is 0.190. The number of carbonyl (C=O) groups excluding carboxylic acids is 3. The molecule has 4 amide bonds. The van der Waals surface area contributed by atoms with Gasteiger partial charge in [-0.3, -0.25) is 14.9 Å². The van der Waals surface area contributed by atoms with Crippen LogP contribution in [0.4, 0.5) is 10.5 Å².